The number of alkyl halides is 3. The van der Waals surface area contributed by atoms with Gasteiger partial charge in [-0.15, -0.1) is 12.4 Å². The Labute approximate surface area is 112 Å². The molecule has 0 aliphatic carbocycles. The largest absolute Gasteiger partial charge is 0.401 e. The molecule has 0 atom stereocenters. The molecule has 18 heavy (non-hydrogen) atoms. The maximum absolute atomic E-state index is 12.2. The lowest BCUT2D eigenvalue weighted by Gasteiger charge is -2.41. The molecule has 108 valence electrons. The van der Waals surface area contributed by atoms with Crippen molar-refractivity contribution in [3.63, 3.8) is 0 Å². The molecule has 2 fully saturated rings. The van der Waals surface area contributed by atoms with Crippen LogP contribution in [0.25, 0.3) is 0 Å². The molecular weight excluding hydrogens is 267 g/mol. The van der Waals surface area contributed by atoms with Crippen molar-refractivity contribution in [2.45, 2.75) is 25.1 Å². The van der Waals surface area contributed by atoms with Crippen LogP contribution < -0.4 is 5.32 Å². The first-order valence-electron chi connectivity index (χ1n) is 6.28. The van der Waals surface area contributed by atoms with Crippen LogP contribution in [0.15, 0.2) is 0 Å². The van der Waals surface area contributed by atoms with E-state index < -0.39 is 12.7 Å². The fourth-order valence-corrected chi connectivity index (χ4v) is 2.71. The monoisotopic (exact) mass is 287 g/mol. The summed E-state index contributed by atoms with van der Waals surface area (Å²) in [6.07, 6.45) is -1.81. The molecule has 2 rings (SSSR count). The molecule has 2 aliphatic heterocycles. The molecule has 0 aromatic heterocycles. The maximum Gasteiger partial charge on any atom is 0.401 e. The van der Waals surface area contributed by atoms with Crippen molar-refractivity contribution in [1.82, 2.24) is 15.1 Å². The van der Waals surface area contributed by atoms with Crippen LogP contribution in [0.3, 0.4) is 0 Å². The van der Waals surface area contributed by atoms with Gasteiger partial charge in [-0.25, -0.2) is 0 Å². The Morgan fingerprint density at radius 1 is 1.00 bits per heavy atom. The van der Waals surface area contributed by atoms with E-state index in [-0.39, 0.29) is 12.4 Å². The summed E-state index contributed by atoms with van der Waals surface area (Å²) in [6.45, 7) is 3.96. The summed E-state index contributed by atoms with van der Waals surface area (Å²) in [5.74, 6) is 0. The summed E-state index contributed by atoms with van der Waals surface area (Å²) in [6, 6.07) is 0.573. The van der Waals surface area contributed by atoms with Crippen LogP contribution in [0.4, 0.5) is 13.2 Å². The van der Waals surface area contributed by atoms with Gasteiger partial charge in [0.2, 0.25) is 0 Å². The number of piperidine rings is 1. The molecule has 0 aromatic carbocycles. The van der Waals surface area contributed by atoms with Gasteiger partial charge in [-0.05, 0) is 25.9 Å². The molecule has 2 aliphatic rings. The van der Waals surface area contributed by atoms with Crippen molar-refractivity contribution < 1.29 is 13.2 Å². The van der Waals surface area contributed by atoms with Crippen molar-refractivity contribution in [3.05, 3.63) is 0 Å². The molecule has 1 N–H and O–H groups in total. The first-order chi connectivity index (χ1) is 8.04. The first-order valence-corrected chi connectivity index (χ1v) is 6.28. The number of hydrogen-bond donors (Lipinski definition) is 1. The SMILES string of the molecule is Cl.FC(F)(F)CN1CCN(C2CCNCC2)CC1. The van der Waals surface area contributed by atoms with Gasteiger partial charge in [0.1, 0.15) is 0 Å². The molecular formula is C11H21ClF3N3. The molecule has 0 amide bonds. The first kappa shape index (κ1) is 16.0. The molecule has 7 heteroatoms. The zero-order chi connectivity index (χ0) is 12.3. The number of rotatable bonds is 2. The molecule has 2 saturated heterocycles. The van der Waals surface area contributed by atoms with E-state index in [9.17, 15) is 13.2 Å². The second-order valence-corrected chi connectivity index (χ2v) is 4.91. The van der Waals surface area contributed by atoms with Crippen LogP contribution in [0.1, 0.15) is 12.8 Å². The third-order valence-electron chi connectivity index (χ3n) is 3.63. The van der Waals surface area contributed by atoms with Crippen molar-refractivity contribution in [3.8, 4) is 0 Å². The van der Waals surface area contributed by atoms with Crippen LogP contribution in [0.2, 0.25) is 0 Å². The second-order valence-electron chi connectivity index (χ2n) is 4.91. The highest BCUT2D eigenvalue weighted by atomic mass is 35.5. The summed E-state index contributed by atoms with van der Waals surface area (Å²) < 4.78 is 36.7. The summed E-state index contributed by atoms with van der Waals surface area (Å²) in [7, 11) is 0. The molecule has 2 heterocycles. The summed E-state index contributed by atoms with van der Waals surface area (Å²) in [4.78, 5) is 3.87. The smallest absolute Gasteiger partial charge is 0.317 e. The second kappa shape index (κ2) is 6.93. The molecule has 0 bridgehead atoms. The highest BCUT2D eigenvalue weighted by Crippen LogP contribution is 2.19. The Morgan fingerprint density at radius 2 is 1.56 bits per heavy atom. The van der Waals surface area contributed by atoms with Crippen molar-refractivity contribution in [2.24, 2.45) is 0 Å². The lowest BCUT2D eigenvalue weighted by atomic mass is 10.0. The van der Waals surface area contributed by atoms with Gasteiger partial charge in [0.25, 0.3) is 0 Å². The quantitative estimate of drug-likeness (QED) is 0.827. The average Bonchev–Trinajstić information content (AvgIpc) is 2.29. The summed E-state index contributed by atoms with van der Waals surface area (Å²) in [5, 5.41) is 3.31. The Balaban J connectivity index is 0.00000162. The minimum atomic E-state index is -4.06. The minimum Gasteiger partial charge on any atom is -0.317 e. The fraction of sp³-hybridized carbons (Fsp3) is 1.00. The Hall–Kier alpha value is -0.0400. The van der Waals surface area contributed by atoms with Crippen LogP contribution in [-0.4, -0.2) is 67.8 Å². The number of hydrogen-bond acceptors (Lipinski definition) is 3. The Morgan fingerprint density at radius 3 is 2.06 bits per heavy atom. The van der Waals surface area contributed by atoms with Crippen molar-refractivity contribution in [1.29, 1.82) is 0 Å². The standard InChI is InChI=1S/C11H20F3N3.ClH/c12-11(13,14)9-16-5-7-17(8-6-16)10-1-3-15-4-2-10;/h10,15H,1-9H2;1H. The zero-order valence-corrected chi connectivity index (χ0v) is 11.2. The van der Waals surface area contributed by atoms with E-state index in [2.05, 4.69) is 10.2 Å². The van der Waals surface area contributed by atoms with Gasteiger partial charge in [0.15, 0.2) is 0 Å². The number of nitrogens with one attached hydrogen (secondary N) is 1. The van der Waals surface area contributed by atoms with Crippen LogP contribution >= 0.6 is 12.4 Å². The molecule has 0 saturated carbocycles. The van der Waals surface area contributed by atoms with E-state index in [1.54, 1.807) is 0 Å². The van der Waals surface area contributed by atoms with Crippen molar-refractivity contribution >= 4 is 12.4 Å². The molecule has 0 spiro atoms. The molecule has 3 nitrogen and oxygen atoms in total. The molecule has 0 radical (unpaired) electrons. The number of piperazine rings is 1. The third-order valence-corrected chi connectivity index (χ3v) is 3.63. The lowest BCUT2D eigenvalue weighted by Crippen LogP contribution is -2.54. The topological polar surface area (TPSA) is 18.5 Å². The van der Waals surface area contributed by atoms with Gasteiger partial charge >= 0.3 is 6.18 Å². The van der Waals surface area contributed by atoms with Crippen LogP contribution in [-0.2, 0) is 0 Å². The van der Waals surface area contributed by atoms with Crippen molar-refractivity contribution in [2.75, 3.05) is 45.8 Å². The van der Waals surface area contributed by atoms with E-state index in [1.165, 1.54) is 4.90 Å². The van der Waals surface area contributed by atoms with Crippen LogP contribution in [0.5, 0.6) is 0 Å². The summed E-state index contributed by atoms with van der Waals surface area (Å²) in [5.41, 5.74) is 0. The van der Waals surface area contributed by atoms with E-state index in [1.807, 2.05) is 0 Å². The summed E-state index contributed by atoms with van der Waals surface area (Å²) >= 11 is 0. The lowest BCUT2D eigenvalue weighted by molar-refractivity contribution is -0.150. The van der Waals surface area contributed by atoms with Gasteiger partial charge in [-0.3, -0.25) is 9.80 Å². The predicted molar refractivity (Wildman–Crippen MR) is 67.2 cm³/mol. The van der Waals surface area contributed by atoms with Gasteiger partial charge in [-0.2, -0.15) is 13.2 Å². The van der Waals surface area contributed by atoms with Gasteiger partial charge < -0.3 is 5.32 Å². The molecule has 0 aromatic rings. The van der Waals surface area contributed by atoms with Gasteiger partial charge in [0.05, 0.1) is 6.54 Å². The van der Waals surface area contributed by atoms with E-state index in [4.69, 9.17) is 0 Å². The normalized spacial score (nSPS) is 24.8. The average molecular weight is 288 g/mol. The highest BCUT2D eigenvalue weighted by Gasteiger charge is 2.33. The fourth-order valence-electron chi connectivity index (χ4n) is 2.71. The Kier molecular flexibility index (Phi) is 6.17. The Bertz CT molecular complexity index is 236. The number of nitrogens with zero attached hydrogens (tertiary/aromatic N) is 2. The predicted octanol–water partition coefficient (Wildman–Crippen LogP) is 1.34. The van der Waals surface area contributed by atoms with Crippen LogP contribution in [0, 0.1) is 0 Å². The maximum atomic E-state index is 12.2. The van der Waals surface area contributed by atoms with Gasteiger partial charge in [-0.1, -0.05) is 0 Å². The van der Waals surface area contributed by atoms with E-state index in [0.29, 0.717) is 19.1 Å². The van der Waals surface area contributed by atoms with E-state index >= 15 is 0 Å². The highest BCUT2D eigenvalue weighted by molar-refractivity contribution is 5.85. The third kappa shape index (κ3) is 4.91. The number of halogens is 4. The van der Waals surface area contributed by atoms with E-state index in [0.717, 1.165) is 39.0 Å². The zero-order valence-electron chi connectivity index (χ0n) is 10.4. The molecule has 0 unspecified atom stereocenters. The minimum absolute atomic E-state index is 0. The van der Waals surface area contributed by atoms with Gasteiger partial charge in [0, 0.05) is 32.2 Å².